The molecule has 174 valence electrons. The minimum absolute atomic E-state index is 0.104. The van der Waals surface area contributed by atoms with Crippen molar-refractivity contribution in [2.24, 2.45) is 0 Å². The number of rotatable bonds is 8. The van der Waals surface area contributed by atoms with Crippen LogP contribution in [0.3, 0.4) is 0 Å². The van der Waals surface area contributed by atoms with E-state index in [2.05, 4.69) is 39.1 Å². The van der Waals surface area contributed by atoms with Crippen LogP contribution in [0.5, 0.6) is 17.2 Å². The molecule has 8 heteroatoms. The highest BCUT2D eigenvalue weighted by molar-refractivity contribution is 5.55. The van der Waals surface area contributed by atoms with Gasteiger partial charge in [0.15, 0.2) is 11.5 Å². The maximum absolute atomic E-state index is 6.40. The first-order valence-electron chi connectivity index (χ1n) is 11.1. The topological polar surface area (TPSA) is 109 Å². The van der Waals surface area contributed by atoms with Crippen LogP contribution in [-0.2, 0) is 13.0 Å². The van der Waals surface area contributed by atoms with E-state index >= 15 is 0 Å². The van der Waals surface area contributed by atoms with Gasteiger partial charge in [-0.05, 0) is 36.1 Å². The molecule has 4 N–H and O–H groups in total. The molecule has 1 aliphatic heterocycles. The Morgan fingerprint density at radius 2 is 1.64 bits per heavy atom. The number of aromatic nitrogens is 2. The molecule has 0 radical (unpaired) electrons. The minimum atomic E-state index is 0.104. The third kappa shape index (κ3) is 5.64. The summed E-state index contributed by atoms with van der Waals surface area (Å²) < 4.78 is 17.7. The Kier molecular flexibility index (Phi) is 7.14. The molecule has 0 atom stereocenters. The molecule has 2 heterocycles. The van der Waals surface area contributed by atoms with Crippen LogP contribution in [0.1, 0.15) is 29.5 Å². The maximum atomic E-state index is 6.40. The van der Waals surface area contributed by atoms with E-state index in [1.165, 1.54) is 5.56 Å². The van der Waals surface area contributed by atoms with E-state index in [0.29, 0.717) is 29.5 Å². The zero-order valence-electron chi connectivity index (χ0n) is 19.2. The lowest BCUT2D eigenvalue weighted by molar-refractivity contribution is 0.0917. The van der Waals surface area contributed by atoms with Crippen LogP contribution in [-0.4, -0.2) is 48.3 Å². The molecule has 3 aromatic rings. The van der Waals surface area contributed by atoms with Crippen LogP contribution in [0.15, 0.2) is 48.7 Å². The van der Waals surface area contributed by atoms with Crippen molar-refractivity contribution in [3.8, 4) is 17.2 Å². The second kappa shape index (κ2) is 10.4. The second-order valence-corrected chi connectivity index (χ2v) is 8.22. The van der Waals surface area contributed by atoms with Crippen molar-refractivity contribution in [1.82, 2.24) is 14.9 Å². The summed E-state index contributed by atoms with van der Waals surface area (Å²) in [6, 6.07) is 14.4. The van der Waals surface area contributed by atoms with Gasteiger partial charge in [-0.1, -0.05) is 30.3 Å². The molecular formula is C25H31N5O3. The highest BCUT2D eigenvalue weighted by Gasteiger charge is 2.24. The molecule has 0 aliphatic carbocycles. The van der Waals surface area contributed by atoms with E-state index in [1.54, 1.807) is 20.4 Å². The van der Waals surface area contributed by atoms with Crippen LogP contribution >= 0.6 is 0 Å². The van der Waals surface area contributed by atoms with Crippen molar-refractivity contribution in [1.29, 1.82) is 0 Å². The molecule has 0 saturated carbocycles. The fourth-order valence-corrected chi connectivity index (χ4v) is 4.14. The van der Waals surface area contributed by atoms with Gasteiger partial charge in [0.1, 0.15) is 11.9 Å². The summed E-state index contributed by atoms with van der Waals surface area (Å²) in [5.74, 6) is 2.41. The predicted molar refractivity (Wildman–Crippen MR) is 129 cm³/mol. The third-order valence-corrected chi connectivity index (χ3v) is 5.90. The highest BCUT2D eigenvalue weighted by atomic mass is 16.5. The third-order valence-electron chi connectivity index (χ3n) is 5.90. The van der Waals surface area contributed by atoms with Crippen LogP contribution in [0.4, 0.5) is 11.8 Å². The fraction of sp³-hybridized carbons (Fsp3) is 0.360. The zero-order chi connectivity index (χ0) is 23.2. The number of benzene rings is 2. The molecule has 0 amide bonds. The Labute approximate surface area is 194 Å². The summed E-state index contributed by atoms with van der Waals surface area (Å²) in [6.07, 6.45) is 4.16. The standard InChI is InChI=1S/C25H31N5O3/c1-31-21-13-18(12-19-15-28-25(27)29-24(19)26)14-22(32-2)23(21)33-20-8-10-30(11-9-20)16-17-6-4-3-5-7-17/h3-7,13-15,20H,8-12,16H2,1-2H3,(H4,26,27,28,29). The summed E-state index contributed by atoms with van der Waals surface area (Å²) >= 11 is 0. The predicted octanol–water partition coefficient (Wildman–Crippen LogP) is 3.29. The highest BCUT2D eigenvalue weighted by Crippen LogP contribution is 2.40. The normalized spacial score (nSPS) is 14.7. The lowest BCUT2D eigenvalue weighted by Crippen LogP contribution is -2.37. The van der Waals surface area contributed by atoms with E-state index in [1.807, 2.05) is 18.2 Å². The van der Waals surface area contributed by atoms with Gasteiger partial charge in [0.25, 0.3) is 0 Å². The summed E-state index contributed by atoms with van der Waals surface area (Å²) in [6.45, 7) is 2.93. The molecule has 1 saturated heterocycles. The van der Waals surface area contributed by atoms with Crippen molar-refractivity contribution in [2.45, 2.75) is 31.9 Å². The van der Waals surface area contributed by atoms with Crippen molar-refractivity contribution >= 4 is 11.8 Å². The second-order valence-electron chi connectivity index (χ2n) is 8.22. The van der Waals surface area contributed by atoms with Crippen LogP contribution in [0.25, 0.3) is 0 Å². The number of nitrogen functional groups attached to an aromatic ring is 2. The van der Waals surface area contributed by atoms with E-state index in [4.69, 9.17) is 25.7 Å². The maximum Gasteiger partial charge on any atom is 0.221 e. The van der Waals surface area contributed by atoms with Crippen LogP contribution in [0, 0.1) is 0 Å². The number of ether oxygens (including phenoxy) is 3. The van der Waals surface area contributed by atoms with Gasteiger partial charge in [0.05, 0.1) is 14.2 Å². The SMILES string of the molecule is COc1cc(Cc2cnc(N)nc2N)cc(OC)c1OC1CCN(Cc2ccccc2)CC1. The van der Waals surface area contributed by atoms with Crippen molar-refractivity contribution in [2.75, 3.05) is 38.8 Å². The van der Waals surface area contributed by atoms with Gasteiger partial charge in [0, 0.05) is 37.8 Å². The average molecular weight is 450 g/mol. The van der Waals surface area contributed by atoms with E-state index in [9.17, 15) is 0 Å². The molecule has 0 unspecified atom stereocenters. The van der Waals surface area contributed by atoms with Gasteiger partial charge in [-0.25, -0.2) is 4.98 Å². The Hall–Kier alpha value is -3.52. The van der Waals surface area contributed by atoms with E-state index in [0.717, 1.165) is 43.6 Å². The first kappa shape index (κ1) is 22.7. The summed E-state index contributed by atoms with van der Waals surface area (Å²) in [4.78, 5) is 10.5. The summed E-state index contributed by atoms with van der Waals surface area (Å²) in [5, 5.41) is 0. The number of nitrogens with two attached hydrogens (primary N) is 2. The first-order chi connectivity index (χ1) is 16.1. The molecule has 4 rings (SSSR count). The Bertz CT molecular complexity index is 1040. The number of methoxy groups -OCH3 is 2. The van der Waals surface area contributed by atoms with Gasteiger partial charge >= 0.3 is 0 Å². The zero-order valence-corrected chi connectivity index (χ0v) is 19.2. The Morgan fingerprint density at radius 3 is 2.24 bits per heavy atom. The molecule has 8 nitrogen and oxygen atoms in total. The van der Waals surface area contributed by atoms with Gasteiger partial charge in [-0.15, -0.1) is 0 Å². The van der Waals surface area contributed by atoms with Crippen LogP contribution in [0.2, 0.25) is 0 Å². The molecule has 2 aromatic carbocycles. The first-order valence-corrected chi connectivity index (χ1v) is 11.1. The van der Waals surface area contributed by atoms with Gasteiger partial charge in [-0.2, -0.15) is 4.98 Å². The molecule has 1 fully saturated rings. The number of anilines is 2. The Balaban J connectivity index is 1.44. The molecule has 0 bridgehead atoms. The van der Waals surface area contributed by atoms with E-state index < -0.39 is 0 Å². The van der Waals surface area contributed by atoms with Crippen LogP contribution < -0.4 is 25.7 Å². The monoisotopic (exact) mass is 449 g/mol. The molecule has 0 spiro atoms. The number of hydrogen-bond donors (Lipinski definition) is 2. The largest absolute Gasteiger partial charge is 0.493 e. The van der Waals surface area contributed by atoms with Gasteiger partial charge in [-0.3, -0.25) is 4.90 Å². The molecule has 1 aromatic heterocycles. The van der Waals surface area contributed by atoms with Gasteiger partial charge < -0.3 is 25.7 Å². The number of likely N-dealkylation sites (tertiary alicyclic amines) is 1. The number of hydrogen-bond acceptors (Lipinski definition) is 8. The van der Waals surface area contributed by atoms with Crippen molar-refractivity contribution < 1.29 is 14.2 Å². The molecular weight excluding hydrogens is 418 g/mol. The quantitative estimate of drug-likeness (QED) is 0.539. The van der Waals surface area contributed by atoms with E-state index in [-0.39, 0.29) is 12.1 Å². The van der Waals surface area contributed by atoms with Crippen molar-refractivity contribution in [3.63, 3.8) is 0 Å². The summed E-state index contributed by atoms with van der Waals surface area (Å²) in [7, 11) is 3.27. The summed E-state index contributed by atoms with van der Waals surface area (Å²) in [5.41, 5.74) is 14.7. The average Bonchev–Trinajstić information content (AvgIpc) is 2.83. The lowest BCUT2D eigenvalue weighted by Gasteiger charge is -2.32. The lowest BCUT2D eigenvalue weighted by atomic mass is 10.0. The van der Waals surface area contributed by atoms with Gasteiger partial charge in [0.2, 0.25) is 11.7 Å². The number of piperidine rings is 1. The number of nitrogens with zero attached hydrogens (tertiary/aromatic N) is 3. The molecule has 1 aliphatic rings. The fourth-order valence-electron chi connectivity index (χ4n) is 4.14. The Morgan fingerprint density at radius 1 is 0.970 bits per heavy atom. The van der Waals surface area contributed by atoms with Crippen molar-refractivity contribution in [3.05, 3.63) is 65.4 Å². The molecule has 33 heavy (non-hydrogen) atoms. The smallest absolute Gasteiger partial charge is 0.221 e. The minimum Gasteiger partial charge on any atom is -0.493 e.